The Kier molecular flexibility index (Phi) is 6.87. The van der Waals surface area contributed by atoms with Gasteiger partial charge in [0.1, 0.15) is 5.75 Å². The number of rotatable bonds is 8. The number of ether oxygens (including phenoxy) is 1. The van der Waals surface area contributed by atoms with E-state index in [1.165, 1.54) is 0 Å². The minimum atomic E-state index is 0.508. The smallest absolute Gasteiger partial charge is 0.238 e. The first-order valence-electron chi connectivity index (χ1n) is 10.1. The molecule has 1 aromatic heterocycles. The standard InChI is InChI=1S/C24H27N5O/c1-17(2)9-11-26-16-27-22-13-19(4)23(14-18(22)3)30-24-10-12-29(28-24)21-7-5-20(15-25)6-8-21/h5-8,10,12-14,16-17H,9,11H2,1-4H3,(H,26,27). The molecule has 0 amide bonds. The summed E-state index contributed by atoms with van der Waals surface area (Å²) in [4.78, 5) is 4.54. The third-order valence-corrected chi connectivity index (χ3v) is 4.69. The van der Waals surface area contributed by atoms with Gasteiger partial charge in [0.15, 0.2) is 0 Å². The third kappa shape index (κ3) is 5.48. The van der Waals surface area contributed by atoms with E-state index < -0.39 is 0 Å². The molecular formula is C24H27N5O. The van der Waals surface area contributed by atoms with E-state index in [9.17, 15) is 0 Å². The fourth-order valence-electron chi connectivity index (χ4n) is 2.88. The molecular weight excluding hydrogens is 374 g/mol. The third-order valence-electron chi connectivity index (χ3n) is 4.69. The number of hydrogen-bond acceptors (Lipinski definition) is 4. The quantitative estimate of drug-likeness (QED) is 0.309. The van der Waals surface area contributed by atoms with Crippen molar-refractivity contribution in [1.82, 2.24) is 15.1 Å². The highest BCUT2D eigenvalue weighted by Crippen LogP contribution is 2.31. The van der Waals surface area contributed by atoms with Crippen LogP contribution in [0.5, 0.6) is 11.6 Å². The van der Waals surface area contributed by atoms with Crippen molar-refractivity contribution >= 4 is 12.0 Å². The van der Waals surface area contributed by atoms with Crippen LogP contribution in [0.4, 0.5) is 5.69 Å². The van der Waals surface area contributed by atoms with Crippen LogP contribution in [-0.4, -0.2) is 22.7 Å². The Morgan fingerprint density at radius 3 is 2.63 bits per heavy atom. The number of aryl methyl sites for hydroxylation is 2. The van der Waals surface area contributed by atoms with Gasteiger partial charge in [0.25, 0.3) is 0 Å². The number of nitrogens with one attached hydrogen (secondary N) is 1. The topological polar surface area (TPSA) is 75.2 Å². The second-order valence-corrected chi connectivity index (χ2v) is 7.66. The predicted molar refractivity (Wildman–Crippen MR) is 120 cm³/mol. The van der Waals surface area contributed by atoms with E-state index in [4.69, 9.17) is 10.00 Å². The zero-order valence-electron chi connectivity index (χ0n) is 17.9. The second-order valence-electron chi connectivity index (χ2n) is 7.66. The molecule has 0 bridgehead atoms. The Morgan fingerprint density at radius 1 is 1.17 bits per heavy atom. The van der Waals surface area contributed by atoms with E-state index >= 15 is 0 Å². The molecule has 3 rings (SSSR count). The van der Waals surface area contributed by atoms with E-state index in [1.54, 1.807) is 23.2 Å². The van der Waals surface area contributed by atoms with Gasteiger partial charge in [0.2, 0.25) is 5.88 Å². The molecule has 0 aliphatic rings. The van der Waals surface area contributed by atoms with Crippen molar-refractivity contribution in [3.8, 4) is 23.4 Å². The van der Waals surface area contributed by atoms with Crippen molar-refractivity contribution in [3.05, 3.63) is 65.4 Å². The fraction of sp³-hybridized carbons (Fsp3) is 0.292. The lowest BCUT2D eigenvalue weighted by molar-refractivity contribution is 0.454. The van der Waals surface area contributed by atoms with E-state index in [0.29, 0.717) is 17.4 Å². The lowest BCUT2D eigenvalue weighted by atomic mass is 10.1. The monoisotopic (exact) mass is 401 g/mol. The molecule has 6 heteroatoms. The molecule has 1 heterocycles. The number of aliphatic imine (C=N–C) groups is 1. The summed E-state index contributed by atoms with van der Waals surface area (Å²) < 4.78 is 7.73. The van der Waals surface area contributed by atoms with Gasteiger partial charge in [-0.25, -0.2) is 9.67 Å². The van der Waals surface area contributed by atoms with Gasteiger partial charge in [0.05, 0.1) is 29.3 Å². The van der Waals surface area contributed by atoms with Crippen molar-refractivity contribution in [2.24, 2.45) is 10.9 Å². The Balaban J connectivity index is 1.68. The number of nitrogens with zero attached hydrogens (tertiary/aromatic N) is 4. The maximum absolute atomic E-state index is 8.92. The van der Waals surface area contributed by atoms with Crippen LogP contribution < -0.4 is 10.1 Å². The molecule has 0 saturated carbocycles. The second kappa shape index (κ2) is 9.75. The van der Waals surface area contributed by atoms with Crippen LogP contribution in [0.3, 0.4) is 0 Å². The predicted octanol–water partition coefficient (Wildman–Crippen LogP) is 5.45. The minimum absolute atomic E-state index is 0.508. The largest absolute Gasteiger partial charge is 0.437 e. The molecule has 30 heavy (non-hydrogen) atoms. The molecule has 1 N–H and O–H groups in total. The summed E-state index contributed by atoms with van der Waals surface area (Å²) >= 11 is 0. The van der Waals surface area contributed by atoms with Crippen LogP contribution >= 0.6 is 0 Å². The van der Waals surface area contributed by atoms with Crippen LogP contribution in [0.2, 0.25) is 0 Å². The molecule has 0 unspecified atom stereocenters. The lowest BCUT2D eigenvalue weighted by Crippen LogP contribution is -2.14. The SMILES string of the molecule is Cc1cc(Oc2ccn(-c3ccc(C#N)cc3)n2)c(C)cc1/N=C/NCCC(C)C. The summed E-state index contributed by atoms with van der Waals surface area (Å²) in [7, 11) is 0. The van der Waals surface area contributed by atoms with Crippen molar-refractivity contribution < 1.29 is 4.74 Å². The van der Waals surface area contributed by atoms with Gasteiger partial charge in [-0.2, -0.15) is 5.26 Å². The van der Waals surface area contributed by atoms with Gasteiger partial charge in [-0.15, -0.1) is 5.10 Å². The van der Waals surface area contributed by atoms with E-state index in [2.05, 4.69) is 35.3 Å². The summed E-state index contributed by atoms with van der Waals surface area (Å²) in [6.45, 7) is 9.35. The Bertz CT molecular complexity index is 1060. The number of nitriles is 1. The maximum Gasteiger partial charge on any atom is 0.238 e. The van der Waals surface area contributed by atoms with Crippen LogP contribution in [0, 0.1) is 31.1 Å². The zero-order valence-corrected chi connectivity index (χ0v) is 17.9. The Hall–Kier alpha value is -3.59. The average Bonchev–Trinajstić information content (AvgIpc) is 3.19. The van der Waals surface area contributed by atoms with Crippen molar-refractivity contribution in [3.63, 3.8) is 0 Å². The summed E-state index contributed by atoms with van der Waals surface area (Å²) in [6.07, 6.45) is 4.72. The van der Waals surface area contributed by atoms with E-state index in [-0.39, 0.29) is 0 Å². The first-order chi connectivity index (χ1) is 14.5. The highest BCUT2D eigenvalue weighted by atomic mass is 16.5. The normalized spacial score (nSPS) is 11.1. The first-order valence-corrected chi connectivity index (χ1v) is 10.1. The highest BCUT2D eigenvalue weighted by Gasteiger charge is 2.09. The zero-order chi connectivity index (χ0) is 21.5. The van der Waals surface area contributed by atoms with E-state index in [0.717, 1.165) is 41.2 Å². The molecule has 2 aromatic carbocycles. The van der Waals surface area contributed by atoms with E-state index in [1.807, 2.05) is 50.4 Å². The van der Waals surface area contributed by atoms with Gasteiger partial charge in [-0.3, -0.25) is 0 Å². The summed E-state index contributed by atoms with van der Waals surface area (Å²) in [5.74, 6) is 1.93. The molecule has 0 spiro atoms. The van der Waals surface area contributed by atoms with Crippen LogP contribution in [0.25, 0.3) is 5.69 Å². The molecule has 0 aliphatic carbocycles. The molecule has 3 aromatic rings. The summed E-state index contributed by atoms with van der Waals surface area (Å²) in [5, 5.41) is 16.6. The Morgan fingerprint density at radius 2 is 1.93 bits per heavy atom. The van der Waals surface area contributed by atoms with Crippen LogP contribution in [0.1, 0.15) is 37.0 Å². The molecule has 0 saturated heterocycles. The van der Waals surface area contributed by atoms with Gasteiger partial charge < -0.3 is 10.1 Å². The molecule has 6 nitrogen and oxygen atoms in total. The molecule has 0 fully saturated rings. The number of hydrogen-bond donors (Lipinski definition) is 1. The van der Waals surface area contributed by atoms with Crippen molar-refractivity contribution in [2.45, 2.75) is 34.1 Å². The molecule has 154 valence electrons. The maximum atomic E-state index is 8.92. The van der Waals surface area contributed by atoms with Crippen molar-refractivity contribution in [2.75, 3.05) is 6.54 Å². The molecule has 0 atom stereocenters. The van der Waals surface area contributed by atoms with Crippen molar-refractivity contribution in [1.29, 1.82) is 5.26 Å². The fourth-order valence-corrected chi connectivity index (χ4v) is 2.88. The summed E-state index contributed by atoms with van der Waals surface area (Å²) in [5.41, 5.74) is 4.42. The lowest BCUT2D eigenvalue weighted by Gasteiger charge is -2.10. The number of aromatic nitrogens is 2. The molecule has 0 aliphatic heterocycles. The van der Waals surface area contributed by atoms with Gasteiger partial charge >= 0.3 is 0 Å². The minimum Gasteiger partial charge on any atom is -0.437 e. The van der Waals surface area contributed by atoms with Gasteiger partial charge in [-0.05, 0) is 73.7 Å². The van der Waals surface area contributed by atoms with Crippen LogP contribution in [0.15, 0.2) is 53.7 Å². The number of benzene rings is 2. The Labute approximate surface area is 177 Å². The average molecular weight is 402 g/mol. The van der Waals surface area contributed by atoms with Gasteiger partial charge in [0, 0.05) is 18.8 Å². The first kappa shape index (κ1) is 21.1. The van der Waals surface area contributed by atoms with Gasteiger partial charge in [-0.1, -0.05) is 13.8 Å². The highest BCUT2D eigenvalue weighted by molar-refractivity contribution is 5.64. The summed E-state index contributed by atoms with van der Waals surface area (Å²) in [6, 6.07) is 15.2. The molecule has 0 radical (unpaired) electrons. The van der Waals surface area contributed by atoms with Crippen LogP contribution in [-0.2, 0) is 0 Å².